The second kappa shape index (κ2) is 6.37. The number of nitrogens with one attached hydrogen (secondary N) is 1. The van der Waals surface area contributed by atoms with Crippen molar-refractivity contribution in [2.24, 2.45) is 27.4 Å². The van der Waals surface area contributed by atoms with Gasteiger partial charge >= 0.3 is 0 Å². The minimum atomic E-state index is 0.403. The number of aliphatic imine (C=N–C) groups is 2. The summed E-state index contributed by atoms with van der Waals surface area (Å²) in [7, 11) is 0. The predicted molar refractivity (Wildman–Crippen MR) is 88.7 cm³/mol. The van der Waals surface area contributed by atoms with Gasteiger partial charge in [0.15, 0.2) is 0 Å². The lowest BCUT2D eigenvalue weighted by Gasteiger charge is -2.33. The second-order valence-electron chi connectivity index (χ2n) is 5.78. The summed E-state index contributed by atoms with van der Waals surface area (Å²) in [5.74, 6) is 0.745. The molecule has 1 aromatic rings. The van der Waals surface area contributed by atoms with E-state index in [9.17, 15) is 0 Å². The summed E-state index contributed by atoms with van der Waals surface area (Å²) in [6.45, 7) is 1.92. The number of benzene rings is 1. The summed E-state index contributed by atoms with van der Waals surface area (Å²) in [6, 6.07) is 8.46. The Morgan fingerprint density at radius 3 is 2.86 bits per heavy atom. The minimum absolute atomic E-state index is 0.403. The normalized spacial score (nSPS) is 24.7. The summed E-state index contributed by atoms with van der Waals surface area (Å²) >= 11 is 0. The van der Waals surface area contributed by atoms with Crippen LogP contribution in [0.15, 0.2) is 34.3 Å². The van der Waals surface area contributed by atoms with Gasteiger partial charge in [0.25, 0.3) is 0 Å². The van der Waals surface area contributed by atoms with E-state index in [0.29, 0.717) is 19.1 Å². The standard InChI is InChI=1S/C16H23N5/c17-6-5-11-7-12(8-11)20-15(9-18)16-10-19-13-3-1-2-4-14(13)21-16/h1-4,11-12,19H,5-10,17-18H2. The lowest BCUT2D eigenvalue weighted by atomic mass is 9.78. The van der Waals surface area contributed by atoms with Gasteiger partial charge in [-0.2, -0.15) is 0 Å². The zero-order valence-corrected chi connectivity index (χ0v) is 12.3. The molecule has 0 saturated heterocycles. The van der Waals surface area contributed by atoms with E-state index in [1.807, 2.05) is 24.3 Å². The Labute approximate surface area is 125 Å². The molecule has 0 atom stereocenters. The summed E-state index contributed by atoms with van der Waals surface area (Å²) in [5.41, 5.74) is 15.4. The summed E-state index contributed by atoms with van der Waals surface area (Å²) in [5, 5.41) is 3.38. The van der Waals surface area contributed by atoms with Crippen LogP contribution in [0, 0.1) is 5.92 Å². The van der Waals surface area contributed by atoms with E-state index in [1.54, 1.807) is 0 Å². The Kier molecular flexibility index (Phi) is 4.31. The maximum Gasteiger partial charge on any atom is 0.0865 e. The molecule has 3 rings (SSSR count). The highest BCUT2D eigenvalue weighted by atomic mass is 15.0. The number of rotatable bonds is 5. The Balaban J connectivity index is 1.72. The van der Waals surface area contributed by atoms with Crippen molar-refractivity contribution in [1.29, 1.82) is 0 Å². The van der Waals surface area contributed by atoms with Crippen molar-refractivity contribution in [3.05, 3.63) is 24.3 Å². The van der Waals surface area contributed by atoms with E-state index in [4.69, 9.17) is 21.5 Å². The van der Waals surface area contributed by atoms with Crippen molar-refractivity contribution in [3.63, 3.8) is 0 Å². The lowest BCUT2D eigenvalue weighted by Crippen LogP contribution is -2.35. The molecule has 1 aliphatic carbocycles. The van der Waals surface area contributed by atoms with Gasteiger partial charge in [0.1, 0.15) is 0 Å². The molecule has 1 aliphatic heterocycles. The van der Waals surface area contributed by atoms with Gasteiger partial charge in [0.2, 0.25) is 0 Å². The predicted octanol–water partition coefficient (Wildman–Crippen LogP) is 1.71. The van der Waals surface area contributed by atoms with E-state index < -0.39 is 0 Å². The molecule has 0 spiro atoms. The molecule has 1 heterocycles. The molecule has 1 saturated carbocycles. The molecule has 112 valence electrons. The van der Waals surface area contributed by atoms with Crippen molar-refractivity contribution in [2.45, 2.75) is 25.3 Å². The van der Waals surface area contributed by atoms with Gasteiger partial charge in [-0.25, -0.2) is 4.99 Å². The number of hydrogen-bond donors (Lipinski definition) is 3. The first-order valence-electron chi connectivity index (χ1n) is 7.67. The highest BCUT2D eigenvalue weighted by Gasteiger charge is 2.28. The van der Waals surface area contributed by atoms with Gasteiger partial charge < -0.3 is 16.8 Å². The average molecular weight is 285 g/mol. The molecule has 0 aromatic heterocycles. The fraction of sp³-hybridized carbons (Fsp3) is 0.500. The molecule has 1 aromatic carbocycles. The van der Waals surface area contributed by atoms with Gasteiger partial charge in [0, 0.05) is 6.54 Å². The zero-order chi connectivity index (χ0) is 14.7. The molecule has 21 heavy (non-hydrogen) atoms. The van der Waals surface area contributed by atoms with Crippen LogP contribution < -0.4 is 16.8 Å². The first-order valence-corrected chi connectivity index (χ1v) is 7.67. The van der Waals surface area contributed by atoms with E-state index in [2.05, 4.69) is 5.32 Å². The van der Waals surface area contributed by atoms with Crippen LogP contribution in [0.3, 0.4) is 0 Å². The molecule has 0 amide bonds. The highest BCUT2D eigenvalue weighted by molar-refractivity contribution is 6.45. The van der Waals surface area contributed by atoms with Crippen molar-refractivity contribution in [3.8, 4) is 0 Å². The third kappa shape index (κ3) is 3.14. The summed E-state index contributed by atoms with van der Waals surface area (Å²) < 4.78 is 0. The topological polar surface area (TPSA) is 88.8 Å². The number of nitrogens with zero attached hydrogens (tertiary/aromatic N) is 2. The second-order valence-corrected chi connectivity index (χ2v) is 5.78. The molecule has 1 fully saturated rings. The van der Waals surface area contributed by atoms with Gasteiger partial charge in [-0.1, -0.05) is 12.1 Å². The maximum absolute atomic E-state index is 5.88. The van der Waals surface area contributed by atoms with Crippen LogP contribution in [0.4, 0.5) is 11.4 Å². The third-order valence-electron chi connectivity index (χ3n) is 4.26. The van der Waals surface area contributed by atoms with Crippen LogP contribution in [0.25, 0.3) is 0 Å². The SMILES string of the molecule is NCCC1CC(N=C(CN)C2=Nc3ccccc3NC2)C1. The number of hydrogen-bond acceptors (Lipinski definition) is 5. The monoisotopic (exact) mass is 285 g/mol. The quantitative estimate of drug-likeness (QED) is 0.720. The number of anilines is 1. The number of fused-ring (bicyclic) bond motifs is 1. The van der Waals surface area contributed by atoms with Crippen LogP contribution in [0.2, 0.25) is 0 Å². The molecule has 5 N–H and O–H groups in total. The zero-order valence-electron chi connectivity index (χ0n) is 12.3. The molecule has 5 heteroatoms. The minimum Gasteiger partial charge on any atom is -0.378 e. The van der Waals surface area contributed by atoms with Crippen LogP contribution in [0.5, 0.6) is 0 Å². The fourth-order valence-electron chi connectivity index (χ4n) is 2.99. The Morgan fingerprint density at radius 2 is 2.10 bits per heavy atom. The smallest absolute Gasteiger partial charge is 0.0865 e. The van der Waals surface area contributed by atoms with Gasteiger partial charge in [-0.15, -0.1) is 0 Å². The van der Waals surface area contributed by atoms with Crippen molar-refractivity contribution in [1.82, 2.24) is 0 Å². The Hall–Kier alpha value is -1.72. The number of para-hydroxylation sites is 2. The van der Waals surface area contributed by atoms with Gasteiger partial charge in [-0.05, 0) is 43.9 Å². The Bertz CT molecular complexity index is 558. The largest absolute Gasteiger partial charge is 0.378 e. The van der Waals surface area contributed by atoms with Crippen LogP contribution in [0.1, 0.15) is 19.3 Å². The van der Waals surface area contributed by atoms with Gasteiger partial charge in [-0.3, -0.25) is 4.99 Å². The Morgan fingerprint density at radius 1 is 1.29 bits per heavy atom. The molecule has 0 unspecified atom stereocenters. The van der Waals surface area contributed by atoms with Crippen LogP contribution >= 0.6 is 0 Å². The van der Waals surface area contributed by atoms with Crippen molar-refractivity contribution < 1.29 is 0 Å². The van der Waals surface area contributed by atoms with E-state index in [-0.39, 0.29) is 0 Å². The maximum atomic E-state index is 5.88. The first-order chi connectivity index (χ1) is 10.3. The van der Waals surface area contributed by atoms with E-state index in [1.165, 1.54) is 0 Å². The van der Waals surface area contributed by atoms with Crippen molar-refractivity contribution in [2.75, 3.05) is 25.0 Å². The molecule has 5 nitrogen and oxygen atoms in total. The average Bonchev–Trinajstić information content (AvgIpc) is 2.49. The fourth-order valence-corrected chi connectivity index (χ4v) is 2.99. The molecular formula is C16H23N5. The first kappa shape index (κ1) is 14.2. The van der Waals surface area contributed by atoms with Crippen LogP contribution in [-0.4, -0.2) is 37.1 Å². The molecule has 2 aliphatic rings. The molecule has 0 radical (unpaired) electrons. The van der Waals surface area contributed by atoms with E-state index in [0.717, 1.165) is 54.5 Å². The summed E-state index contributed by atoms with van der Waals surface area (Å²) in [4.78, 5) is 9.52. The summed E-state index contributed by atoms with van der Waals surface area (Å²) in [6.07, 6.45) is 3.38. The number of nitrogens with two attached hydrogens (primary N) is 2. The lowest BCUT2D eigenvalue weighted by molar-refractivity contribution is 0.255. The van der Waals surface area contributed by atoms with Crippen LogP contribution in [-0.2, 0) is 0 Å². The third-order valence-corrected chi connectivity index (χ3v) is 4.26. The van der Waals surface area contributed by atoms with Crippen molar-refractivity contribution >= 4 is 22.8 Å². The molecular weight excluding hydrogens is 262 g/mol. The van der Waals surface area contributed by atoms with Gasteiger partial charge in [0.05, 0.1) is 35.4 Å². The van der Waals surface area contributed by atoms with E-state index >= 15 is 0 Å². The molecule has 0 bridgehead atoms. The highest BCUT2D eigenvalue weighted by Crippen LogP contribution is 2.33.